The summed E-state index contributed by atoms with van der Waals surface area (Å²) in [6.07, 6.45) is 8.23. The van der Waals surface area contributed by atoms with Crippen LogP contribution in [0.2, 0.25) is 0 Å². The fourth-order valence-corrected chi connectivity index (χ4v) is 6.90. The van der Waals surface area contributed by atoms with Gasteiger partial charge in [-0.25, -0.2) is 17.8 Å². The molecule has 1 aromatic heterocycles. The Hall–Kier alpha value is -2.01. The van der Waals surface area contributed by atoms with Gasteiger partial charge in [0.2, 0.25) is 0 Å². The van der Waals surface area contributed by atoms with Crippen molar-refractivity contribution in [2.24, 2.45) is 7.05 Å². The maximum Gasteiger partial charge on any atom is 0.262 e. The van der Waals surface area contributed by atoms with Crippen molar-refractivity contribution in [3.05, 3.63) is 41.6 Å². The summed E-state index contributed by atoms with van der Waals surface area (Å²) < 4.78 is 48.1. The number of ketones is 1. The van der Waals surface area contributed by atoms with Gasteiger partial charge in [0.1, 0.15) is 11.6 Å². The molecule has 1 aliphatic carbocycles. The monoisotopic (exact) mass is 528 g/mol. The van der Waals surface area contributed by atoms with E-state index < -0.39 is 15.8 Å². The first-order chi connectivity index (χ1) is 16.2. The van der Waals surface area contributed by atoms with Crippen LogP contribution in [-0.2, 0) is 17.1 Å². The summed E-state index contributed by atoms with van der Waals surface area (Å²) in [5.74, 6) is -0.190. The van der Waals surface area contributed by atoms with Crippen molar-refractivity contribution in [3.63, 3.8) is 0 Å². The van der Waals surface area contributed by atoms with Crippen LogP contribution in [0.1, 0.15) is 54.4 Å². The number of halogens is 2. The zero-order valence-electron chi connectivity index (χ0n) is 20.5. The molecule has 2 aromatic rings. The van der Waals surface area contributed by atoms with Gasteiger partial charge in [0.15, 0.2) is 10.8 Å². The Kier molecular flexibility index (Phi) is 8.62. The number of nitrogens with zero attached hydrogens (tertiary/aromatic N) is 4. The molecule has 1 saturated carbocycles. The van der Waals surface area contributed by atoms with Gasteiger partial charge in [-0.1, -0.05) is 12.8 Å². The molecule has 1 saturated heterocycles. The summed E-state index contributed by atoms with van der Waals surface area (Å²) in [5.41, 5.74) is 0.913. The van der Waals surface area contributed by atoms with Crippen molar-refractivity contribution in [3.8, 4) is 5.75 Å². The molecule has 0 atom stereocenters. The summed E-state index contributed by atoms with van der Waals surface area (Å²) in [4.78, 5) is 19.6. The molecule has 35 heavy (non-hydrogen) atoms. The van der Waals surface area contributed by atoms with E-state index in [1.165, 1.54) is 36.1 Å². The molecule has 8 nitrogen and oxygen atoms in total. The van der Waals surface area contributed by atoms with Gasteiger partial charge in [-0.05, 0) is 37.8 Å². The Labute approximate surface area is 212 Å². The fraction of sp³-hybridized carbons (Fsp3) is 0.583. The Balaban J connectivity index is 0.00000342. The highest BCUT2D eigenvalue weighted by atomic mass is 35.5. The van der Waals surface area contributed by atoms with Crippen molar-refractivity contribution in [1.82, 2.24) is 18.8 Å². The predicted octanol–water partition coefficient (Wildman–Crippen LogP) is 3.58. The standard InChI is InChI=1S/C24H33FN4O4S.ClH/c1-18-14-19(25)15-21(33-3)23(18)20(30)6-9-24(7-4-5-8-24)28-10-12-29(13-11-28)34(31,32)22-16-27(2)17-26-22;/h14-17H,4-13H2,1-3H3;1H. The van der Waals surface area contributed by atoms with Gasteiger partial charge in [-0.15, -0.1) is 12.4 Å². The van der Waals surface area contributed by atoms with Crippen LogP contribution in [0.25, 0.3) is 0 Å². The van der Waals surface area contributed by atoms with Crippen LogP contribution in [0.15, 0.2) is 29.7 Å². The summed E-state index contributed by atoms with van der Waals surface area (Å²) in [5, 5.41) is 0.0771. The van der Waals surface area contributed by atoms with E-state index in [0.717, 1.165) is 25.7 Å². The van der Waals surface area contributed by atoms with Crippen LogP contribution in [0.3, 0.4) is 0 Å². The molecular weight excluding hydrogens is 495 g/mol. The largest absolute Gasteiger partial charge is 0.496 e. The summed E-state index contributed by atoms with van der Waals surface area (Å²) in [6, 6.07) is 2.62. The smallest absolute Gasteiger partial charge is 0.262 e. The second kappa shape index (κ2) is 10.9. The third kappa shape index (κ3) is 5.55. The van der Waals surface area contributed by atoms with Gasteiger partial charge >= 0.3 is 0 Å². The molecule has 2 aliphatic rings. The van der Waals surface area contributed by atoms with E-state index >= 15 is 0 Å². The van der Waals surface area contributed by atoms with Crippen LogP contribution in [0, 0.1) is 12.7 Å². The van der Waals surface area contributed by atoms with Crippen LogP contribution >= 0.6 is 12.4 Å². The van der Waals surface area contributed by atoms with Crippen molar-refractivity contribution in [1.29, 1.82) is 0 Å². The van der Waals surface area contributed by atoms with Crippen molar-refractivity contribution in [2.75, 3.05) is 33.3 Å². The van der Waals surface area contributed by atoms with Crippen LogP contribution < -0.4 is 4.74 Å². The number of carbonyl (C=O) groups is 1. The topological polar surface area (TPSA) is 84.7 Å². The van der Waals surface area contributed by atoms with Crippen LogP contribution in [0.4, 0.5) is 4.39 Å². The van der Waals surface area contributed by atoms with Gasteiger partial charge < -0.3 is 9.30 Å². The second-order valence-electron chi connectivity index (χ2n) is 9.42. The number of rotatable bonds is 8. The van der Waals surface area contributed by atoms with Gasteiger partial charge in [-0.3, -0.25) is 9.69 Å². The van der Waals surface area contributed by atoms with Crippen molar-refractivity contribution in [2.45, 2.75) is 56.0 Å². The van der Waals surface area contributed by atoms with E-state index in [0.29, 0.717) is 50.1 Å². The normalized spacial score (nSPS) is 18.9. The maximum absolute atomic E-state index is 13.8. The minimum Gasteiger partial charge on any atom is -0.496 e. The molecule has 2 fully saturated rings. The number of ether oxygens (including phenoxy) is 1. The van der Waals surface area contributed by atoms with E-state index in [-0.39, 0.29) is 34.5 Å². The third-order valence-corrected chi connectivity index (χ3v) is 9.09. The lowest BCUT2D eigenvalue weighted by Crippen LogP contribution is -2.57. The molecule has 1 aliphatic heterocycles. The minimum absolute atomic E-state index is 0. The molecule has 0 spiro atoms. The number of Topliss-reactive ketones (excluding diaryl/α,β-unsaturated/α-hetero) is 1. The zero-order chi connectivity index (χ0) is 24.5. The summed E-state index contributed by atoms with van der Waals surface area (Å²) >= 11 is 0. The van der Waals surface area contributed by atoms with E-state index in [1.807, 2.05) is 0 Å². The minimum atomic E-state index is -3.61. The second-order valence-corrected chi connectivity index (χ2v) is 11.3. The molecule has 194 valence electrons. The van der Waals surface area contributed by atoms with Crippen LogP contribution in [-0.4, -0.2) is 71.8 Å². The first-order valence-corrected chi connectivity index (χ1v) is 13.2. The van der Waals surface area contributed by atoms with Crippen LogP contribution in [0.5, 0.6) is 5.75 Å². The van der Waals surface area contributed by atoms with Gasteiger partial charge in [0.25, 0.3) is 10.0 Å². The molecule has 0 unspecified atom stereocenters. The molecule has 0 N–H and O–H groups in total. The molecule has 0 amide bonds. The molecule has 4 rings (SSSR count). The summed E-state index contributed by atoms with van der Waals surface area (Å²) in [6.45, 7) is 3.78. The zero-order valence-corrected chi connectivity index (χ0v) is 22.1. The number of aryl methyl sites for hydroxylation is 2. The number of methoxy groups -OCH3 is 1. The highest BCUT2D eigenvalue weighted by molar-refractivity contribution is 7.89. The molecular formula is C24H34ClFN4O4S. The number of aromatic nitrogens is 2. The average molecular weight is 529 g/mol. The molecule has 2 heterocycles. The van der Waals surface area contributed by atoms with E-state index in [4.69, 9.17) is 4.74 Å². The highest BCUT2D eigenvalue weighted by Gasteiger charge is 2.42. The lowest BCUT2D eigenvalue weighted by molar-refractivity contribution is 0.0475. The van der Waals surface area contributed by atoms with E-state index in [2.05, 4.69) is 9.88 Å². The van der Waals surface area contributed by atoms with Gasteiger partial charge in [0, 0.05) is 57.4 Å². The maximum atomic E-state index is 13.8. The number of hydrogen-bond acceptors (Lipinski definition) is 6. The van der Waals surface area contributed by atoms with E-state index in [1.54, 1.807) is 18.5 Å². The number of imidazole rings is 1. The molecule has 0 radical (unpaired) electrons. The first-order valence-electron chi connectivity index (χ1n) is 11.8. The number of carbonyl (C=O) groups excluding carboxylic acids is 1. The number of benzene rings is 1. The fourth-order valence-electron chi connectivity index (χ4n) is 5.52. The quantitative estimate of drug-likeness (QED) is 0.487. The molecule has 0 bridgehead atoms. The average Bonchev–Trinajstić information content (AvgIpc) is 3.47. The molecule has 1 aromatic carbocycles. The number of hydrogen-bond donors (Lipinski definition) is 0. The third-order valence-electron chi connectivity index (χ3n) is 7.31. The van der Waals surface area contributed by atoms with Crippen molar-refractivity contribution >= 4 is 28.2 Å². The Bertz CT molecular complexity index is 1160. The highest BCUT2D eigenvalue weighted by Crippen LogP contribution is 2.40. The van der Waals surface area contributed by atoms with Gasteiger partial charge in [-0.2, -0.15) is 4.31 Å². The lowest BCUT2D eigenvalue weighted by Gasteiger charge is -2.45. The lowest BCUT2D eigenvalue weighted by atomic mass is 9.86. The van der Waals surface area contributed by atoms with E-state index in [9.17, 15) is 17.6 Å². The van der Waals surface area contributed by atoms with Crippen molar-refractivity contribution < 1.29 is 22.3 Å². The Morgan fingerprint density at radius 2 is 1.83 bits per heavy atom. The Morgan fingerprint density at radius 3 is 2.40 bits per heavy atom. The SMILES string of the molecule is COc1cc(F)cc(C)c1C(=O)CCC1(N2CCN(S(=O)(=O)c3cn(C)cn3)CC2)CCCC1.Cl. The predicted molar refractivity (Wildman–Crippen MR) is 133 cm³/mol. The number of sulfonamides is 1. The van der Waals surface area contributed by atoms with Gasteiger partial charge in [0.05, 0.1) is 19.0 Å². The summed E-state index contributed by atoms with van der Waals surface area (Å²) in [7, 11) is -0.415. The molecule has 11 heteroatoms. The Morgan fingerprint density at radius 1 is 1.17 bits per heavy atom. The number of piperazine rings is 1. The first kappa shape index (κ1) is 27.6.